The minimum absolute atomic E-state index is 0.245. The number of aromatic nitrogens is 2. The molecule has 1 aromatic carbocycles. The predicted molar refractivity (Wildman–Crippen MR) is 78.2 cm³/mol. The van der Waals surface area contributed by atoms with Crippen LogP contribution in [0.25, 0.3) is 11.4 Å². The molecule has 1 fully saturated rings. The quantitative estimate of drug-likeness (QED) is 0.926. The molecule has 1 aliphatic rings. The Kier molecular flexibility index (Phi) is 4.22. The molecule has 0 saturated heterocycles. The zero-order chi connectivity index (χ0) is 14.8. The highest BCUT2D eigenvalue weighted by Gasteiger charge is 2.26. The van der Waals surface area contributed by atoms with Crippen molar-refractivity contribution in [2.75, 3.05) is 0 Å². The second-order valence-corrected chi connectivity index (χ2v) is 5.91. The molecule has 1 saturated carbocycles. The third kappa shape index (κ3) is 3.09. The lowest BCUT2D eigenvalue weighted by atomic mass is 9.84. The van der Waals surface area contributed by atoms with Gasteiger partial charge in [0.25, 0.3) is 0 Å². The van der Waals surface area contributed by atoms with Crippen LogP contribution in [0, 0.1) is 11.7 Å². The summed E-state index contributed by atoms with van der Waals surface area (Å²) in [6.07, 6.45) is 5.85. The molecule has 0 spiro atoms. The molecule has 6 heteroatoms. The van der Waals surface area contributed by atoms with E-state index < -0.39 is 5.82 Å². The van der Waals surface area contributed by atoms with E-state index in [0.717, 1.165) is 12.8 Å². The molecule has 2 N–H and O–H groups in total. The number of hydrogen-bond acceptors (Lipinski definition) is 4. The zero-order valence-electron chi connectivity index (χ0n) is 11.6. The van der Waals surface area contributed by atoms with Gasteiger partial charge in [-0.1, -0.05) is 36.0 Å². The highest BCUT2D eigenvalue weighted by atomic mass is 35.5. The highest BCUT2D eigenvalue weighted by Crippen LogP contribution is 2.33. The fraction of sp³-hybridized carbons (Fsp3) is 0.467. The number of nitrogens with two attached hydrogens (primary N) is 1. The van der Waals surface area contributed by atoms with Crippen molar-refractivity contribution >= 4 is 11.6 Å². The predicted octanol–water partition coefficient (Wildman–Crippen LogP) is 4.11. The summed E-state index contributed by atoms with van der Waals surface area (Å²) in [5.74, 6) is 0.765. The monoisotopic (exact) mass is 309 g/mol. The molecule has 112 valence electrons. The Bertz CT molecular complexity index is 625. The van der Waals surface area contributed by atoms with Gasteiger partial charge in [0.15, 0.2) is 0 Å². The molecule has 21 heavy (non-hydrogen) atoms. The van der Waals surface area contributed by atoms with Gasteiger partial charge in [0.05, 0.1) is 11.1 Å². The van der Waals surface area contributed by atoms with Gasteiger partial charge in [-0.15, -0.1) is 0 Å². The lowest BCUT2D eigenvalue weighted by molar-refractivity contribution is 0.255. The van der Waals surface area contributed by atoms with Crippen molar-refractivity contribution < 1.29 is 8.91 Å². The zero-order valence-corrected chi connectivity index (χ0v) is 12.3. The Hall–Kier alpha value is -1.46. The smallest absolute Gasteiger partial charge is 0.244 e. The second-order valence-electron chi connectivity index (χ2n) is 5.50. The van der Waals surface area contributed by atoms with E-state index in [9.17, 15) is 4.39 Å². The van der Waals surface area contributed by atoms with E-state index in [-0.39, 0.29) is 11.1 Å². The van der Waals surface area contributed by atoms with Crippen LogP contribution < -0.4 is 5.73 Å². The van der Waals surface area contributed by atoms with Crippen LogP contribution in [0.1, 0.15) is 44.0 Å². The molecular weight excluding hydrogens is 293 g/mol. The normalized spacial score (nSPS) is 17.9. The van der Waals surface area contributed by atoms with Gasteiger partial charge in [0.2, 0.25) is 11.7 Å². The van der Waals surface area contributed by atoms with Crippen LogP contribution in [0.2, 0.25) is 5.02 Å². The first-order valence-electron chi connectivity index (χ1n) is 7.20. The fourth-order valence-corrected chi connectivity index (χ4v) is 3.10. The molecule has 2 aromatic rings. The van der Waals surface area contributed by atoms with Crippen LogP contribution in [-0.4, -0.2) is 10.1 Å². The summed E-state index contributed by atoms with van der Waals surface area (Å²) >= 11 is 6.01. The van der Waals surface area contributed by atoms with Gasteiger partial charge in [-0.3, -0.25) is 0 Å². The Labute approximate surface area is 127 Å². The summed E-state index contributed by atoms with van der Waals surface area (Å²) < 4.78 is 18.4. The Morgan fingerprint density at radius 3 is 2.76 bits per heavy atom. The van der Waals surface area contributed by atoms with E-state index in [1.807, 2.05) is 0 Å². The molecule has 1 atom stereocenters. The molecule has 0 radical (unpaired) electrons. The number of benzene rings is 1. The summed E-state index contributed by atoms with van der Waals surface area (Å²) in [6.45, 7) is 0. The number of halogens is 2. The van der Waals surface area contributed by atoms with E-state index in [1.54, 1.807) is 6.07 Å². The van der Waals surface area contributed by atoms with E-state index in [0.29, 0.717) is 23.2 Å². The summed E-state index contributed by atoms with van der Waals surface area (Å²) in [7, 11) is 0. The first-order valence-corrected chi connectivity index (χ1v) is 7.57. The average Bonchev–Trinajstić information content (AvgIpc) is 2.97. The van der Waals surface area contributed by atoms with E-state index in [1.165, 1.54) is 31.4 Å². The molecule has 0 amide bonds. The fourth-order valence-electron chi connectivity index (χ4n) is 2.85. The maximum atomic E-state index is 13.1. The molecule has 0 aliphatic heterocycles. The van der Waals surface area contributed by atoms with Crippen molar-refractivity contribution in [2.24, 2.45) is 11.7 Å². The van der Waals surface area contributed by atoms with E-state index in [2.05, 4.69) is 10.1 Å². The SMILES string of the molecule is NC(c1nc(-c2ccc(F)cc2Cl)no1)C1CCCCC1. The molecule has 3 rings (SSSR count). The standard InChI is InChI=1S/C15H17ClFN3O/c16-12-8-10(17)6-7-11(12)14-19-15(21-20-14)13(18)9-4-2-1-3-5-9/h6-9,13H,1-5,18H2. The van der Waals surface area contributed by atoms with Crippen molar-refractivity contribution in [3.63, 3.8) is 0 Å². The summed E-state index contributed by atoms with van der Waals surface area (Å²) in [5.41, 5.74) is 6.78. The van der Waals surface area contributed by atoms with Crippen molar-refractivity contribution in [3.8, 4) is 11.4 Å². The first-order chi connectivity index (χ1) is 10.1. The Morgan fingerprint density at radius 2 is 2.05 bits per heavy atom. The number of nitrogens with zero attached hydrogens (tertiary/aromatic N) is 2. The highest BCUT2D eigenvalue weighted by molar-refractivity contribution is 6.33. The van der Waals surface area contributed by atoms with Crippen LogP contribution in [0.15, 0.2) is 22.7 Å². The maximum Gasteiger partial charge on any atom is 0.244 e. The van der Waals surface area contributed by atoms with Crippen LogP contribution in [0.3, 0.4) is 0 Å². The van der Waals surface area contributed by atoms with Crippen molar-refractivity contribution in [1.29, 1.82) is 0 Å². The van der Waals surface area contributed by atoms with Gasteiger partial charge < -0.3 is 10.3 Å². The van der Waals surface area contributed by atoms with Crippen LogP contribution in [-0.2, 0) is 0 Å². The third-order valence-corrected chi connectivity index (χ3v) is 4.37. The minimum atomic E-state index is -0.397. The third-order valence-electron chi connectivity index (χ3n) is 4.06. The largest absolute Gasteiger partial charge is 0.337 e. The molecule has 1 heterocycles. The average molecular weight is 310 g/mol. The lowest BCUT2D eigenvalue weighted by Crippen LogP contribution is -2.23. The number of rotatable bonds is 3. The minimum Gasteiger partial charge on any atom is -0.337 e. The van der Waals surface area contributed by atoms with E-state index >= 15 is 0 Å². The van der Waals surface area contributed by atoms with Gasteiger partial charge in [-0.05, 0) is 37.0 Å². The first kappa shape index (κ1) is 14.5. The second kappa shape index (κ2) is 6.12. The van der Waals surface area contributed by atoms with Gasteiger partial charge in [0, 0.05) is 5.56 Å². The lowest BCUT2D eigenvalue weighted by Gasteiger charge is -2.24. The summed E-state index contributed by atoms with van der Waals surface area (Å²) in [6, 6.07) is 3.84. The van der Waals surface area contributed by atoms with Gasteiger partial charge >= 0.3 is 0 Å². The summed E-state index contributed by atoms with van der Waals surface area (Å²) in [4.78, 5) is 4.34. The van der Waals surface area contributed by atoms with Crippen molar-refractivity contribution in [1.82, 2.24) is 10.1 Å². The van der Waals surface area contributed by atoms with Gasteiger partial charge in [-0.2, -0.15) is 4.98 Å². The Morgan fingerprint density at radius 1 is 1.29 bits per heavy atom. The maximum absolute atomic E-state index is 13.1. The molecular formula is C15H17ClFN3O. The van der Waals surface area contributed by atoms with Crippen molar-refractivity contribution in [3.05, 3.63) is 34.9 Å². The number of hydrogen-bond donors (Lipinski definition) is 1. The molecule has 0 bridgehead atoms. The van der Waals surface area contributed by atoms with Gasteiger partial charge in [0.1, 0.15) is 5.82 Å². The molecule has 1 aromatic heterocycles. The van der Waals surface area contributed by atoms with Crippen LogP contribution >= 0.6 is 11.6 Å². The molecule has 1 unspecified atom stereocenters. The van der Waals surface area contributed by atoms with Gasteiger partial charge in [-0.25, -0.2) is 4.39 Å². The van der Waals surface area contributed by atoms with Crippen molar-refractivity contribution in [2.45, 2.75) is 38.1 Å². The van der Waals surface area contributed by atoms with Crippen LogP contribution in [0.5, 0.6) is 0 Å². The van der Waals surface area contributed by atoms with Crippen LogP contribution in [0.4, 0.5) is 4.39 Å². The Balaban J connectivity index is 1.82. The summed E-state index contributed by atoms with van der Waals surface area (Å²) in [5, 5.41) is 4.18. The topological polar surface area (TPSA) is 64.9 Å². The molecule has 1 aliphatic carbocycles. The van der Waals surface area contributed by atoms with E-state index in [4.69, 9.17) is 21.9 Å². The molecule has 4 nitrogen and oxygen atoms in total.